The predicted molar refractivity (Wildman–Crippen MR) is 74.7 cm³/mol. The molecule has 2 rings (SSSR count). The van der Waals surface area contributed by atoms with Gasteiger partial charge in [0.15, 0.2) is 0 Å². The summed E-state index contributed by atoms with van der Waals surface area (Å²) >= 11 is 1.10. The number of aliphatic carboxylic acids is 1. The maximum Gasteiger partial charge on any atom is 0.306 e. The first kappa shape index (κ1) is 14.9. The van der Waals surface area contributed by atoms with Gasteiger partial charge in [-0.25, -0.2) is 0 Å². The predicted octanol–water partition coefficient (Wildman–Crippen LogP) is 1.72. The summed E-state index contributed by atoms with van der Waals surface area (Å²) in [5, 5.41) is 15.9. The third-order valence-corrected chi connectivity index (χ3v) is 4.52. The molecule has 7 heteroatoms. The summed E-state index contributed by atoms with van der Waals surface area (Å²) in [6.45, 7) is 2.44. The van der Waals surface area contributed by atoms with Crippen molar-refractivity contribution in [3.63, 3.8) is 0 Å². The van der Waals surface area contributed by atoms with Gasteiger partial charge in [0.25, 0.3) is 5.91 Å². The number of nitrogens with zero attached hydrogens (tertiary/aromatic N) is 2. The zero-order chi connectivity index (χ0) is 14.5. The van der Waals surface area contributed by atoms with Crippen LogP contribution in [0.2, 0.25) is 0 Å². The highest BCUT2D eigenvalue weighted by atomic mass is 32.1. The second-order valence-corrected chi connectivity index (χ2v) is 5.90. The van der Waals surface area contributed by atoms with Gasteiger partial charge in [0, 0.05) is 6.54 Å². The molecule has 1 heterocycles. The number of rotatable bonds is 6. The number of carbonyl (C=O) groups excluding carboxylic acids is 1. The summed E-state index contributed by atoms with van der Waals surface area (Å²) in [4.78, 5) is 23.8. The van der Waals surface area contributed by atoms with Crippen LogP contribution in [0.3, 0.4) is 0 Å². The second kappa shape index (κ2) is 6.78. The molecule has 110 valence electrons. The number of amides is 1. The van der Waals surface area contributed by atoms with Crippen molar-refractivity contribution in [2.24, 2.45) is 11.8 Å². The number of carboxylic acids is 1. The Kier molecular flexibility index (Phi) is 5.05. The zero-order valence-corrected chi connectivity index (χ0v) is 12.3. The highest BCUT2D eigenvalue weighted by Crippen LogP contribution is 2.31. The standard InChI is InChI=1S/C13H19N3O3S/c1-2-4-10-11(20-16-15-10)12(17)14-7-8-5-3-6-9(8)13(18)19/h8-9H,2-7H2,1H3,(H,14,17)(H,18,19). The van der Waals surface area contributed by atoms with Gasteiger partial charge in [-0.05, 0) is 36.7 Å². The third kappa shape index (κ3) is 3.33. The Labute approximate surface area is 121 Å². The lowest BCUT2D eigenvalue weighted by molar-refractivity contribution is -0.142. The largest absolute Gasteiger partial charge is 0.481 e. The Balaban J connectivity index is 1.91. The zero-order valence-electron chi connectivity index (χ0n) is 11.5. The van der Waals surface area contributed by atoms with Crippen LogP contribution in [0.5, 0.6) is 0 Å². The molecule has 1 aromatic heterocycles. The van der Waals surface area contributed by atoms with Crippen molar-refractivity contribution < 1.29 is 14.7 Å². The van der Waals surface area contributed by atoms with Crippen LogP contribution in [0.1, 0.15) is 48.0 Å². The first-order valence-electron chi connectivity index (χ1n) is 6.95. The van der Waals surface area contributed by atoms with E-state index in [1.807, 2.05) is 6.92 Å². The number of carboxylic acid groups (broad SMARTS) is 1. The number of carbonyl (C=O) groups is 2. The van der Waals surface area contributed by atoms with Crippen molar-refractivity contribution in [3.05, 3.63) is 10.6 Å². The van der Waals surface area contributed by atoms with Gasteiger partial charge in [0.2, 0.25) is 0 Å². The fraction of sp³-hybridized carbons (Fsp3) is 0.692. The Bertz CT molecular complexity index is 489. The van der Waals surface area contributed by atoms with Crippen LogP contribution >= 0.6 is 11.5 Å². The lowest BCUT2D eigenvalue weighted by atomic mass is 9.96. The van der Waals surface area contributed by atoms with E-state index in [4.69, 9.17) is 5.11 Å². The van der Waals surface area contributed by atoms with Crippen molar-refractivity contribution >= 4 is 23.4 Å². The summed E-state index contributed by atoms with van der Waals surface area (Å²) in [6, 6.07) is 0. The molecule has 0 saturated heterocycles. The number of nitrogens with one attached hydrogen (secondary N) is 1. The van der Waals surface area contributed by atoms with Crippen LogP contribution in [0.4, 0.5) is 0 Å². The number of hydrogen-bond donors (Lipinski definition) is 2. The quantitative estimate of drug-likeness (QED) is 0.834. The van der Waals surface area contributed by atoms with E-state index in [9.17, 15) is 9.59 Å². The molecule has 6 nitrogen and oxygen atoms in total. The van der Waals surface area contributed by atoms with Crippen molar-refractivity contribution in [3.8, 4) is 0 Å². The van der Waals surface area contributed by atoms with Crippen LogP contribution in [0.15, 0.2) is 0 Å². The van der Waals surface area contributed by atoms with E-state index in [2.05, 4.69) is 14.9 Å². The lowest BCUT2D eigenvalue weighted by Gasteiger charge is -2.16. The minimum Gasteiger partial charge on any atom is -0.481 e. The average Bonchev–Trinajstić information content (AvgIpc) is 3.04. The van der Waals surface area contributed by atoms with E-state index in [1.54, 1.807) is 0 Å². The fourth-order valence-corrected chi connectivity index (χ4v) is 3.32. The van der Waals surface area contributed by atoms with Crippen molar-refractivity contribution in [2.75, 3.05) is 6.54 Å². The summed E-state index contributed by atoms with van der Waals surface area (Å²) in [7, 11) is 0. The van der Waals surface area contributed by atoms with Gasteiger partial charge >= 0.3 is 5.97 Å². The Morgan fingerprint density at radius 3 is 2.95 bits per heavy atom. The average molecular weight is 297 g/mol. The molecule has 1 amide bonds. The van der Waals surface area contributed by atoms with E-state index in [1.165, 1.54) is 0 Å². The van der Waals surface area contributed by atoms with E-state index in [0.717, 1.165) is 42.9 Å². The van der Waals surface area contributed by atoms with Crippen LogP contribution in [0.25, 0.3) is 0 Å². The van der Waals surface area contributed by atoms with Crippen molar-refractivity contribution in [1.82, 2.24) is 14.9 Å². The van der Waals surface area contributed by atoms with Crippen LogP contribution in [-0.2, 0) is 11.2 Å². The van der Waals surface area contributed by atoms with E-state index in [-0.39, 0.29) is 17.7 Å². The number of aryl methyl sites for hydroxylation is 1. The van der Waals surface area contributed by atoms with E-state index >= 15 is 0 Å². The molecule has 0 aliphatic heterocycles. The molecule has 0 spiro atoms. The van der Waals surface area contributed by atoms with Gasteiger partial charge < -0.3 is 10.4 Å². The van der Waals surface area contributed by atoms with Crippen molar-refractivity contribution in [2.45, 2.75) is 39.0 Å². The molecule has 1 fully saturated rings. The van der Waals surface area contributed by atoms with E-state index < -0.39 is 5.97 Å². The minimum absolute atomic E-state index is 0.0342. The lowest BCUT2D eigenvalue weighted by Crippen LogP contribution is -2.33. The summed E-state index contributed by atoms with van der Waals surface area (Å²) in [6.07, 6.45) is 4.13. The highest BCUT2D eigenvalue weighted by Gasteiger charge is 2.33. The molecule has 1 saturated carbocycles. The monoisotopic (exact) mass is 297 g/mol. The normalized spacial score (nSPS) is 21.9. The molecule has 0 aromatic carbocycles. The van der Waals surface area contributed by atoms with Crippen LogP contribution in [0, 0.1) is 11.8 Å². The Hall–Kier alpha value is -1.50. The Morgan fingerprint density at radius 1 is 1.45 bits per heavy atom. The Morgan fingerprint density at radius 2 is 2.25 bits per heavy atom. The van der Waals surface area contributed by atoms with Crippen molar-refractivity contribution in [1.29, 1.82) is 0 Å². The molecular weight excluding hydrogens is 278 g/mol. The van der Waals surface area contributed by atoms with Gasteiger partial charge in [0.1, 0.15) is 4.88 Å². The first-order chi connectivity index (χ1) is 9.63. The molecule has 0 bridgehead atoms. The summed E-state index contributed by atoms with van der Waals surface area (Å²) < 4.78 is 3.82. The molecule has 2 atom stereocenters. The van der Waals surface area contributed by atoms with E-state index in [0.29, 0.717) is 17.8 Å². The molecule has 1 aliphatic carbocycles. The van der Waals surface area contributed by atoms with Gasteiger partial charge in [-0.3, -0.25) is 9.59 Å². The minimum atomic E-state index is -0.757. The SMILES string of the molecule is CCCc1nnsc1C(=O)NCC1CCCC1C(=O)O. The maximum absolute atomic E-state index is 12.1. The summed E-state index contributed by atoms with van der Waals surface area (Å²) in [5.74, 6) is -1.23. The van der Waals surface area contributed by atoms with Gasteiger partial charge in [-0.1, -0.05) is 24.3 Å². The molecule has 20 heavy (non-hydrogen) atoms. The molecule has 2 unspecified atom stereocenters. The molecular formula is C13H19N3O3S. The van der Waals surface area contributed by atoms with Crippen LogP contribution in [-0.4, -0.2) is 33.1 Å². The van der Waals surface area contributed by atoms with Gasteiger partial charge in [-0.2, -0.15) is 0 Å². The molecule has 1 aromatic rings. The smallest absolute Gasteiger partial charge is 0.306 e. The highest BCUT2D eigenvalue weighted by molar-refractivity contribution is 7.08. The fourth-order valence-electron chi connectivity index (χ4n) is 2.69. The van der Waals surface area contributed by atoms with Gasteiger partial charge in [-0.15, -0.1) is 5.10 Å². The van der Waals surface area contributed by atoms with Crippen LogP contribution < -0.4 is 5.32 Å². The third-order valence-electron chi connectivity index (χ3n) is 3.75. The maximum atomic E-state index is 12.1. The molecule has 2 N–H and O–H groups in total. The molecule has 1 aliphatic rings. The first-order valence-corrected chi connectivity index (χ1v) is 7.73. The molecule has 0 radical (unpaired) electrons. The number of aromatic nitrogens is 2. The topological polar surface area (TPSA) is 92.2 Å². The second-order valence-electron chi connectivity index (χ2n) is 5.14. The summed E-state index contributed by atoms with van der Waals surface area (Å²) in [5.41, 5.74) is 0.733. The number of hydrogen-bond acceptors (Lipinski definition) is 5. The van der Waals surface area contributed by atoms with Gasteiger partial charge in [0.05, 0.1) is 11.6 Å².